The van der Waals surface area contributed by atoms with Crippen LogP contribution in [-0.2, 0) is 4.79 Å². The fourth-order valence-electron chi connectivity index (χ4n) is 2.11. The second-order valence-electron chi connectivity index (χ2n) is 4.54. The number of rotatable bonds is 3. The van der Waals surface area contributed by atoms with E-state index in [-0.39, 0.29) is 11.4 Å². The number of non-ortho nitro benzene ring substituents is 1. The van der Waals surface area contributed by atoms with Crippen molar-refractivity contribution in [2.24, 2.45) is 0 Å². The minimum absolute atomic E-state index is 0.00163. The van der Waals surface area contributed by atoms with Gasteiger partial charge >= 0.3 is 6.03 Å². The lowest BCUT2D eigenvalue weighted by molar-refractivity contribution is -0.384. The average Bonchev–Trinajstić information content (AvgIpc) is 3.06. The third kappa shape index (κ3) is 2.44. The Morgan fingerprint density at radius 1 is 1.09 bits per heavy atom. The molecule has 2 aromatic rings. The number of benzene rings is 1. The van der Waals surface area contributed by atoms with Crippen molar-refractivity contribution in [3.05, 3.63) is 64.1 Å². The van der Waals surface area contributed by atoms with Gasteiger partial charge in [0.15, 0.2) is 0 Å². The molecule has 2 N–H and O–H groups in total. The summed E-state index contributed by atoms with van der Waals surface area (Å²) in [7, 11) is 0. The highest BCUT2D eigenvalue weighted by atomic mass is 16.6. The molecule has 3 rings (SSSR count). The van der Waals surface area contributed by atoms with Crippen molar-refractivity contribution in [3.63, 3.8) is 0 Å². The SMILES string of the molecule is O=C1NC(=O)/C(=C\c2cccn2-c2ccc([N+](=O)[O-])cc2)N1. The number of aromatic nitrogens is 1. The van der Waals surface area contributed by atoms with Crippen molar-refractivity contribution in [1.82, 2.24) is 15.2 Å². The molecular weight excluding hydrogens is 288 g/mol. The Kier molecular flexibility index (Phi) is 3.18. The van der Waals surface area contributed by atoms with Crippen LogP contribution in [0.2, 0.25) is 0 Å². The number of carbonyl (C=O) groups is 2. The molecule has 0 bridgehead atoms. The molecule has 0 spiro atoms. The van der Waals surface area contributed by atoms with Crippen LogP contribution in [0.4, 0.5) is 10.5 Å². The van der Waals surface area contributed by atoms with Crippen molar-refractivity contribution < 1.29 is 14.5 Å². The molecular formula is C14H10N4O4. The molecule has 22 heavy (non-hydrogen) atoms. The van der Waals surface area contributed by atoms with E-state index in [1.54, 1.807) is 35.0 Å². The van der Waals surface area contributed by atoms with E-state index < -0.39 is 16.9 Å². The number of nitrogens with one attached hydrogen (secondary N) is 2. The summed E-state index contributed by atoms with van der Waals surface area (Å²) >= 11 is 0. The molecule has 8 nitrogen and oxygen atoms in total. The first-order chi connectivity index (χ1) is 10.5. The van der Waals surface area contributed by atoms with Crippen LogP contribution in [-0.4, -0.2) is 21.4 Å². The minimum Gasteiger partial charge on any atom is -0.317 e. The van der Waals surface area contributed by atoms with Gasteiger partial charge in [-0.3, -0.25) is 20.2 Å². The summed E-state index contributed by atoms with van der Waals surface area (Å²) in [5, 5.41) is 15.2. The molecule has 2 heterocycles. The molecule has 1 aliphatic heterocycles. The number of amides is 3. The molecule has 1 aliphatic rings. The number of hydrogen-bond acceptors (Lipinski definition) is 4. The van der Waals surface area contributed by atoms with E-state index in [0.717, 1.165) is 0 Å². The first-order valence-corrected chi connectivity index (χ1v) is 6.31. The first kappa shape index (κ1) is 13.6. The smallest absolute Gasteiger partial charge is 0.317 e. The molecule has 0 unspecified atom stereocenters. The molecule has 0 saturated carbocycles. The highest BCUT2D eigenvalue weighted by Crippen LogP contribution is 2.19. The summed E-state index contributed by atoms with van der Waals surface area (Å²) in [5.74, 6) is -0.499. The average molecular weight is 298 g/mol. The van der Waals surface area contributed by atoms with E-state index >= 15 is 0 Å². The van der Waals surface area contributed by atoms with Gasteiger partial charge < -0.3 is 9.88 Å². The third-order valence-electron chi connectivity index (χ3n) is 3.13. The van der Waals surface area contributed by atoms with E-state index in [0.29, 0.717) is 11.4 Å². The summed E-state index contributed by atoms with van der Waals surface area (Å²) in [6.45, 7) is 0. The van der Waals surface area contributed by atoms with E-state index in [1.807, 2.05) is 0 Å². The van der Waals surface area contributed by atoms with Gasteiger partial charge in [-0.2, -0.15) is 0 Å². The lowest BCUT2D eigenvalue weighted by atomic mass is 10.2. The Balaban J connectivity index is 1.95. The quantitative estimate of drug-likeness (QED) is 0.388. The van der Waals surface area contributed by atoms with Crippen LogP contribution in [0.15, 0.2) is 48.3 Å². The monoisotopic (exact) mass is 298 g/mol. The minimum atomic E-state index is -0.565. The topological polar surface area (TPSA) is 106 Å². The van der Waals surface area contributed by atoms with E-state index in [9.17, 15) is 19.7 Å². The van der Waals surface area contributed by atoms with Crippen LogP contribution in [0, 0.1) is 10.1 Å². The zero-order valence-corrected chi connectivity index (χ0v) is 11.1. The fourth-order valence-corrected chi connectivity index (χ4v) is 2.11. The second-order valence-corrected chi connectivity index (χ2v) is 4.54. The Hall–Kier alpha value is -3.42. The summed E-state index contributed by atoms with van der Waals surface area (Å²) in [6.07, 6.45) is 3.28. The maximum Gasteiger partial charge on any atom is 0.326 e. The Bertz CT molecular complexity index is 805. The maximum atomic E-state index is 11.5. The van der Waals surface area contributed by atoms with E-state index in [4.69, 9.17) is 0 Å². The Labute approximate surface area is 124 Å². The lowest BCUT2D eigenvalue weighted by Crippen LogP contribution is -2.22. The van der Waals surface area contributed by atoms with Gasteiger partial charge in [0.2, 0.25) is 0 Å². The van der Waals surface area contributed by atoms with Crippen molar-refractivity contribution in [2.75, 3.05) is 0 Å². The molecule has 1 fully saturated rings. The van der Waals surface area contributed by atoms with Crippen molar-refractivity contribution in [2.45, 2.75) is 0 Å². The van der Waals surface area contributed by atoms with Gasteiger partial charge in [0.25, 0.3) is 11.6 Å². The number of nitro groups is 1. The number of imide groups is 1. The van der Waals surface area contributed by atoms with Gasteiger partial charge in [-0.05, 0) is 30.3 Å². The molecule has 1 saturated heterocycles. The summed E-state index contributed by atoms with van der Waals surface area (Å²) in [4.78, 5) is 32.8. The van der Waals surface area contributed by atoms with Crippen molar-refractivity contribution in [3.8, 4) is 5.69 Å². The molecule has 0 atom stereocenters. The maximum absolute atomic E-state index is 11.5. The van der Waals surface area contributed by atoms with Gasteiger partial charge in [-0.25, -0.2) is 4.79 Å². The summed E-state index contributed by atoms with van der Waals surface area (Å²) in [6, 6.07) is 8.96. The number of carbonyl (C=O) groups excluding carboxylic acids is 2. The van der Waals surface area contributed by atoms with Crippen LogP contribution >= 0.6 is 0 Å². The predicted octanol–water partition coefficient (Wildman–Crippen LogP) is 1.57. The summed E-state index contributed by atoms with van der Waals surface area (Å²) in [5.41, 5.74) is 1.50. The largest absolute Gasteiger partial charge is 0.326 e. The third-order valence-corrected chi connectivity index (χ3v) is 3.13. The zero-order chi connectivity index (χ0) is 15.7. The highest BCUT2D eigenvalue weighted by Gasteiger charge is 2.23. The van der Waals surface area contributed by atoms with Gasteiger partial charge in [-0.15, -0.1) is 0 Å². The van der Waals surface area contributed by atoms with Gasteiger partial charge in [-0.1, -0.05) is 0 Å². The van der Waals surface area contributed by atoms with Crippen LogP contribution < -0.4 is 10.6 Å². The molecule has 8 heteroatoms. The lowest BCUT2D eigenvalue weighted by Gasteiger charge is -2.06. The molecule has 0 radical (unpaired) electrons. The van der Waals surface area contributed by atoms with Crippen LogP contribution in [0.1, 0.15) is 5.69 Å². The number of nitro benzene ring substituents is 1. The van der Waals surface area contributed by atoms with Gasteiger partial charge in [0, 0.05) is 29.7 Å². The van der Waals surface area contributed by atoms with E-state index in [2.05, 4.69) is 10.6 Å². The fraction of sp³-hybridized carbons (Fsp3) is 0. The van der Waals surface area contributed by atoms with Crippen LogP contribution in [0.3, 0.4) is 0 Å². The van der Waals surface area contributed by atoms with E-state index in [1.165, 1.54) is 18.2 Å². The molecule has 110 valence electrons. The number of nitrogens with zero attached hydrogens (tertiary/aromatic N) is 2. The van der Waals surface area contributed by atoms with Crippen molar-refractivity contribution in [1.29, 1.82) is 0 Å². The predicted molar refractivity (Wildman–Crippen MR) is 77.1 cm³/mol. The van der Waals surface area contributed by atoms with Crippen LogP contribution in [0.25, 0.3) is 11.8 Å². The Morgan fingerprint density at radius 2 is 1.82 bits per heavy atom. The highest BCUT2D eigenvalue weighted by molar-refractivity contribution is 6.13. The van der Waals surface area contributed by atoms with Gasteiger partial charge in [0.05, 0.1) is 4.92 Å². The normalized spacial score (nSPS) is 15.7. The Morgan fingerprint density at radius 3 is 2.41 bits per heavy atom. The molecule has 0 aliphatic carbocycles. The van der Waals surface area contributed by atoms with Crippen molar-refractivity contribution >= 4 is 23.7 Å². The summed E-state index contributed by atoms with van der Waals surface area (Å²) < 4.78 is 1.74. The first-order valence-electron chi connectivity index (χ1n) is 6.31. The standard InChI is InChI=1S/C14H10N4O4/c19-13-12(15-14(20)16-13)8-11-2-1-7-17(11)9-3-5-10(6-4-9)18(21)22/h1-8H,(H2,15,16,19,20)/b12-8+. The molecule has 1 aromatic heterocycles. The van der Waals surface area contributed by atoms with Crippen LogP contribution in [0.5, 0.6) is 0 Å². The molecule has 3 amide bonds. The number of urea groups is 1. The van der Waals surface area contributed by atoms with Gasteiger partial charge in [0.1, 0.15) is 5.70 Å². The second kappa shape index (κ2) is 5.17. The zero-order valence-electron chi connectivity index (χ0n) is 11.1. The number of hydrogen-bond donors (Lipinski definition) is 2. The molecule has 1 aromatic carbocycles.